The fraction of sp³-hybridized carbons (Fsp3) is 0.312. The Labute approximate surface area is 112 Å². The smallest absolute Gasteiger partial charge is 0.138 e. The number of hydrogen-bond acceptors (Lipinski definition) is 3. The average molecular weight is 255 g/mol. The van der Waals surface area contributed by atoms with Gasteiger partial charge in [-0.3, -0.25) is 4.98 Å². The molecule has 3 rings (SSSR count). The van der Waals surface area contributed by atoms with Gasteiger partial charge in [0.1, 0.15) is 12.4 Å². The van der Waals surface area contributed by atoms with Crippen molar-refractivity contribution < 1.29 is 9.84 Å². The van der Waals surface area contributed by atoms with Gasteiger partial charge in [-0.05, 0) is 35.4 Å². The molecule has 2 aromatic rings. The van der Waals surface area contributed by atoms with Gasteiger partial charge in [-0.25, -0.2) is 0 Å². The van der Waals surface area contributed by atoms with E-state index in [0.29, 0.717) is 18.4 Å². The van der Waals surface area contributed by atoms with Crippen LogP contribution < -0.4 is 4.74 Å². The van der Waals surface area contributed by atoms with Crippen molar-refractivity contribution >= 4 is 0 Å². The first kappa shape index (κ1) is 12.2. The standard InChI is InChI=1S/C16H17NO2/c18-10-14-7-16(14)13-6-15(9-17-8-13)19-11-12-4-2-1-3-5-12/h1-6,8-9,14,16,18H,7,10-11H2. The highest BCUT2D eigenvalue weighted by atomic mass is 16.5. The molecule has 0 radical (unpaired) electrons. The predicted octanol–water partition coefficient (Wildman–Crippen LogP) is 2.76. The number of aliphatic hydroxyl groups is 1. The van der Waals surface area contributed by atoms with E-state index < -0.39 is 0 Å². The van der Waals surface area contributed by atoms with Crippen LogP contribution in [0.1, 0.15) is 23.5 Å². The highest BCUT2D eigenvalue weighted by molar-refractivity contribution is 5.30. The van der Waals surface area contributed by atoms with E-state index in [1.54, 1.807) is 6.20 Å². The highest BCUT2D eigenvalue weighted by Gasteiger charge is 2.37. The summed E-state index contributed by atoms with van der Waals surface area (Å²) in [6, 6.07) is 12.1. The summed E-state index contributed by atoms with van der Waals surface area (Å²) in [5.41, 5.74) is 2.32. The molecule has 1 N–H and O–H groups in total. The minimum Gasteiger partial charge on any atom is -0.487 e. The Morgan fingerprint density at radius 2 is 2.05 bits per heavy atom. The molecule has 98 valence electrons. The molecule has 1 aromatic carbocycles. The summed E-state index contributed by atoms with van der Waals surface area (Å²) in [4.78, 5) is 4.22. The number of aliphatic hydroxyl groups excluding tert-OH is 1. The summed E-state index contributed by atoms with van der Waals surface area (Å²) in [6.45, 7) is 0.819. The lowest BCUT2D eigenvalue weighted by Gasteiger charge is -2.07. The first-order valence-corrected chi connectivity index (χ1v) is 6.59. The van der Waals surface area contributed by atoms with Crippen molar-refractivity contribution in [3.63, 3.8) is 0 Å². The summed E-state index contributed by atoms with van der Waals surface area (Å²) < 4.78 is 5.75. The number of benzene rings is 1. The second-order valence-corrected chi connectivity index (χ2v) is 5.01. The maximum atomic E-state index is 9.11. The molecule has 1 aliphatic carbocycles. The van der Waals surface area contributed by atoms with Crippen LogP contribution in [-0.4, -0.2) is 16.7 Å². The van der Waals surface area contributed by atoms with Crippen molar-refractivity contribution in [2.75, 3.05) is 6.61 Å². The zero-order chi connectivity index (χ0) is 13.1. The van der Waals surface area contributed by atoms with Crippen LogP contribution in [0.4, 0.5) is 0 Å². The zero-order valence-corrected chi connectivity index (χ0v) is 10.7. The maximum absolute atomic E-state index is 9.11. The van der Waals surface area contributed by atoms with Gasteiger partial charge in [-0.1, -0.05) is 30.3 Å². The monoisotopic (exact) mass is 255 g/mol. The molecule has 2 unspecified atom stereocenters. The largest absolute Gasteiger partial charge is 0.487 e. The van der Waals surface area contributed by atoms with Gasteiger partial charge in [0.15, 0.2) is 0 Å². The number of aromatic nitrogens is 1. The lowest BCUT2D eigenvalue weighted by molar-refractivity contribution is 0.273. The van der Waals surface area contributed by atoms with E-state index >= 15 is 0 Å². The fourth-order valence-corrected chi connectivity index (χ4v) is 2.32. The third-order valence-corrected chi connectivity index (χ3v) is 3.57. The van der Waals surface area contributed by atoms with Crippen molar-refractivity contribution in [3.8, 4) is 5.75 Å². The molecular weight excluding hydrogens is 238 g/mol. The normalized spacial score (nSPS) is 21.1. The van der Waals surface area contributed by atoms with Crippen molar-refractivity contribution in [1.82, 2.24) is 4.98 Å². The Balaban J connectivity index is 1.64. The lowest BCUT2D eigenvalue weighted by Crippen LogP contribution is -1.97. The van der Waals surface area contributed by atoms with Crippen molar-refractivity contribution in [2.45, 2.75) is 18.9 Å². The van der Waals surface area contributed by atoms with Gasteiger partial charge in [-0.15, -0.1) is 0 Å². The third kappa shape index (κ3) is 2.93. The molecular formula is C16H17NO2. The number of pyridine rings is 1. The molecule has 3 nitrogen and oxygen atoms in total. The predicted molar refractivity (Wildman–Crippen MR) is 72.9 cm³/mol. The fourth-order valence-electron chi connectivity index (χ4n) is 2.32. The molecule has 0 amide bonds. The topological polar surface area (TPSA) is 42.4 Å². The molecule has 0 spiro atoms. The lowest BCUT2D eigenvalue weighted by atomic mass is 10.1. The van der Waals surface area contributed by atoms with E-state index in [1.165, 1.54) is 5.56 Å². The number of nitrogens with zero attached hydrogens (tertiary/aromatic N) is 1. The SMILES string of the molecule is OCC1CC1c1cncc(OCc2ccccc2)c1. The molecule has 1 aromatic heterocycles. The van der Waals surface area contributed by atoms with Crippen LogP contribution in [0, 0.1) is 5.92 Å². The molecule has 0 aliphatic heterocycles. The Morgan fingerprint density at radius 1 is 1.21 bits per heavy atom. The van der Waals surface area contributed by atoms with Gasteiger partial charge in [0.05, 0.1) is 6.20 Å². The molecule has 0 bridgehead atoms. The summed E-state index contributed by atoms with van der Waals surface area (Å²) in [7, 11) is 0. The van der Waals surface area contributed by atoms with Crippen LogP contribution in [0.3, 0.4) is 0 Å². The number of rotatable bonds is 5. The maximum Gasteiger partial charge on any atom is 0.138 e. The first-order chi connectivity index (χ1) is 9.36. The molecule has 1 saturated carbocycles. The number of hydrogen-bond donors (Lipinski definition) is 1. The molecule has 1 fully saturated rings. The van der Waals surface area contributed by atoms with E-state index in [0.717, 1.165) is 17.7 Å². The Morgan fingerprint density at radius 3 is 2.79 bits per heavy atom. The van der Waals surface area contributed by atoms with Crippen LogP contribution in [0.15, 0.2) is 48.8 Å². The zero-order valence-electron chi connectivity index (χ0n) is 10.7. The molecule has 1 aliphatic rings. The molecule has 2 atom stereocenters. The van der Waals surface area contributed by atoms with Gasteiger partial charge in [-0.2, -0.15) is 0 Å². The van der Waals surface area contributed by atoms with Gasteiger partial charge in [0.2, 0.25) is 0 Å². The van der Waals surface area contributed by atoms with Crippen LogP contribution >= 0.6 is 0 Å². The molecule has 0 saturated heterocycles. The van der Waals surface area contributed by atoms with E-state index in [1.807, 2.05) is 42.6 Å². The molecule has 19 heavy (non-hydrogen) atoms. The van der Waals surface area contributed by atoms with E-state index in [9.17, 15) is 0 Å². The summed E-state index contributed by atoms with van der Waals surface area (Å²) in [6.07, 6.45) is 4.67. The van der Waals surface area contributed by atoms with Crippen molar-refractivity contribution in [1.29, 1.82) is 0 Å². The second kappa shape index (κ2) is 5.41. The quantitative estimate of drug-likeness (QED) is 0.893. The van der Waals surface area contributed by atoms with Crippen LogP contribution in [0.2, 0.25) is 0 Å². The van der Waals surface area contributed by atoms with Gasteiger partial charge < -0.3 is 9.84 Å². The van der Waals surface area contributed by atoms with Crippen molar-refractivity contribution in [2.24, 2.45) is 5.92 Å². The molecule has 3 heteroatoms. The summed E-state index contributed by atoms with van der Waals surface area (Å²) >= 11 is 0. The third-order valence-electron chi connectivity index (χ3n) is 3.57. The van der Waals surface area contributed by atoms with E-state index in [2.05, 4.69) is 4.98 Å². The van der Waals surface area contributed by atoms with Gasteiger partial charge in [0, 0.05) is 12.8 Å². The van der Waals surface area contributed by atoms with Gasteiger partial charge in [0.25, 0.3) is 0 Å². The molecule has 1 heterocycles. The second-order valence-electron chi connectivity index (χ2n) is 5.01. The van der Waals surface area contributed by atoms with Crippen LogP contribution in [0.5, 0.6) is 5.75 Å². The first-order valence-electron chi connectivity index (χ1n) is 6.59. The Hall–Kier alpha value is -1.87. The summed E-state index contributed by atoms with van der Waals surface area (Å²) in [5, 5.41) is 9.11. The average Bonchev–Trinajstić information content (AvgIpc) is 3.26. The minimum atomic E-state index is 0.264. The van der Waals surface area contributed by atoms with Crippen LogP contribution in [0.25, 0.3) is 0 Å². The Kier molecular flexibility index (Phi) is 3.47. The van der Waals surface area contributed by atoms with Crippen molar-refractivity contribution in [3.05, 3.63) is 59.9 Å². The Bertz CT molecular complexity index is 541. The summed E-state index contributed by atoms with van der Waals surface area (Å²) in [5.74, 6) is 1.66. The highest BCUT2D eigenvalue weighted by Crippen LogP contribution is 2.47. The minimum absolute atomic E-state index is 0.264. The van der Waals surface area contributed by atoms with Crippen LogP contribution in [-0.2, 0) is 6.61 Å². The van der Waals surface area contributed by atoms with E-state index in [4.69, 9.17) is 9.84 Å². The van der Waals surface area contributed by atoms with Gasteiger partial charge >= 0.3 is 0 Å². The number of ether oxygens (including phenoxy) is 1. The van der Waals surface area contributed by atoms with E-state index in [-0.39, 0.29) is 6.61 Å².